The van der Waals surface area contributed by atoms with Crippen LogP contribution in [0.2, 0.25) is 0 Å². The SMILES string of the molecule is CC(NCc1ccc(OC(F)(F)F)cc1)C1CCCCC1. The Morgan fingerprint density at radius 1 is 1.14 bits per heavy atom. The van der Waals surface area contributed by atoms with E-state index < -0.39 is 6.36 Å². The minimum atomic E-state index is -4.63. The van der Waals surface area contributed by atoms with Crippen molar-refractivity contribution in [2.24, 2.45) is 5.92 Å². The first kappa shape index (κ1) is 16.1. The number of nitrogens with one attached hydrogen (secondary N) is 1. The Morgan fingerprint density at radius 2 is 1.76 bits per heavy atom. The van der Waals surface area contributed by atoms with E-state index in [-0.39, 0.29) is 5.75 Å². The normalized spacial score (nSPS) is 18.5. The molecule has 1 aliphatic carbocycles. The van der Waals surface area contributed by atoms with Gasteiger partial charge in [0.25, 0.3) is 0 Å². The lowest BCUT2D eigenvalue weighted by atomic mass is 9.84. The zero-order valence-corrected chi connectivity index (χ0v) is 12.2. The maximum absolute atomic E-state index is 12.1. The summed E-state index contributed by atoms with van der Waals surface area (Å²) in [6, 6.07) is 6.49. The molecule has 1 unspecified atom stereocenters. The first-order chi connectivity index (χ1) is 9.94. The van der Waals surface area contributed by atoms with Crippen LogP contribution in [-0.2, 0) is 6.54 Å². The van der Waals surface area contributed by atoms with Crippen molar-refractivity contribution in [1.82, 2.24) is 5.32 Å². The predicted octanol–water partition coefficient (Wildman–Crippen LogP) is 4.64. The van der Waals surface area contributed by atoms with Crippen LogP contribution in [-0.4, -0.2) is 12.4 Å². The van der Waals surface area contributed by atoms with Crippen LogP contribution in [0, 0.1) is 5.92 Å². The van der Waals surface area contributed by atoms with Crippen molar-refractivity contribution in [3.8, 4) is 5.75 Å². The minimum absolute atomic E-state index is 0.174. The molecule has 1 aromatic carbocycles. The van der Waals surface area contributed by atoms with E-state index in [1.165, 1.54) is 44.2 Å². The zero-order valence-electron chi connectivity index (χ0n) is 12.2. The van der Waals surface area contributed by atoms with Crippen LogP contribution in [0.4, 0.5) is 13.2 Å². The van der Waals surface area contributed by atoms with E-state index in [1.54, 1.807) is 12.1 Å². The number of ether oxygens (including phenoxy) is 1. The number of hydrogen-bond acceptors (Lipinski definition) is 2. The molecule has 2 nitrogen and oxygen atoms in total. The molecule has 118 valence electrons. The summed E-state index contributed by atoms with van der Waals surface area (Å²) >= 11 is 0. The lowest BCUT2D eigenvalue weighted by Crippen LogP contribution is -2.34. The van der Waals surface area contributed by atoms with Gasteiger partial charge in [0.2, 0.25) is 0 Å². The van der Waals surface area contributed by atoms with E-state index in [0.717, 1.165) is 5.56 Å². The molecular formula is C16H22F3NO. The summed E-state index contributed by atoms with van der Waals surface area (Å²) in [6.45, 7) is 2.86. The Bertz CT molecular complexity index is 424. The molecule has 1 atom stereocenters. The van der Waals surface area contributed by atoms with Crippen LogP contribution in [0.3, 0.4) is 0 Å². The molecule has 1 aromatic rings. The fourth-order valence-corrected chi connectivity index (χ4v) is 2.89. The maximum atomic E-state index is 12.1. The summed E-state index contributed by atoms with van der Waals surface area (Å²) in [5.41, 5.74) is 0.965. The highest BCUT2D eigenvalue weighted by atomic mass is 19.4. The van der Waals surface area contributed by atoms with Gasteiger partial charge in [-0.15, -0.1) is 13.2 Å². The molecule has 21 heavy (non-hydrogen) atoms. The Labute approximate surface area is 123 Å². The molecule has 1 aliphatic rings. The lowest BCUT2D eigenvalue weighted by Gasteiger charge is -2.28. The van der Waals surface area contributed by atoms with Gasteiger partial charge in [-0.05, 0) is 43.4 Å². The second kappa shape index (κ2) is 7.16. The third kappa shape index (κ3) is 5.58. The van der Waals surface area contributed by atoms with Gasteiger partial charge in [0.15, 0.2) is 0 Å². The molecule has 0 spiro atoms. The Balaban J connectivity index is 1.80. The van der Waals surface area contributed by atoms with E-state index >= 15 is 0 Å². The van der Waals surface area contributed by atoms with E-state index in [1.807, 2.05) is 0 Å². The van der Waals surface area contributed by atoms with Crippen molar-refractivity contribution >= 4 is 0 Å². The van der Waals surface area contributed by atoms with Gasteiger partial charge in [0.05, 0.1) is 0 Å². The number of halogens is 3. The van der Waals surface area contributed by atoms with Crippen LogP contribution in [0.5, 0.6) is 5.75 Å². The van der Waals surface area contributed by atoms with Crippen molar-refractivity contribution in [2.75, 3.05) is 0 Å². The highest BCUT2D eigenvalue weighted by Crippen LogP contribution is 2.26. The van der Waals surface area contributed by atoms with Gasteiger partial charge in [-0.25, -0.2) is 0 Å². The summed E-state index contributed by atoms with van der Waals surface area (Å²) in [5.74, 6) is 0.540. The van der Waals surface area contributed by atoms with Gasteiger partial charge in [0.1, 0.15) is 5.75 Å². The lowest BCUT2D eigenvalue weighted by molar-refractivity contribution is -0.274. The Morgan fingerprint density at radius 3 is 2.33 bits per heavy atom. The zero-order chi connectivity index (χ0) is 15.3. The molecule has 1 fully saturated rings. The van der Waals surface area contributed by atoms with E-state index in [9.17, 15) is 13.2 Å². The molecule has 1 saturated carbocycles. The van der Waals surface area contributed by atoms with Crippen molar-refractivity contribution in [1.29, 1.82) is 0 Å². The smallest absolute Gasteiger partial charge is 0.406 e. The fourth-order valence-electron chi connectivity index (χ4n) is 2.89. The largest absolute Gasteiger partial charge is 0.573 e. The number of benzene rings is 1. The van der Waals surface area contributed by atoms with Crippen LogP contribution in [0.1, 0.15) is 44.6 Å². The van der Waals surface area contributed by atoms with Crippen LogP contribution < -0.4 is 10.1 Å². The van der Waals surface area contributed by atoms with Crippen molar-refractivity contribution in [3.05, 3.63) is 29.8 Å². The third-order valence-corrected chi connectivity index (χ3v) is 4.14. The van der Waals surface area contributed by atoms with E-state index in [4.69, 9.17) is 0 Å². The minimum Gasteiger partial charge on any atom is -0.406 e. The molecule has 0 heterocycles. The van der Waals surface area contributed by atoms with Gasteiger partial charge in [-0.1, -0.05) is 31.4 Å². The summed E-state index contributed by atoms with van der Waals surface area (Å²) < 4.78 is 40.1. The van der Waals surface area contributed by atoms with Gasteiger partial charge >= 0.3 is 6.36 Å². The molecule has 0 aromatic heterocycles. The topological polar surface area (TPSA) is 21.3 Å². The number of alkyl halides is 3. The number of hydrogen-bond donors (Lipinski definition) is 1. The van der Waals surface area contributed by atoms with Crippen LogP contribution >= 0.6 is 0 Å². The summed E-state index contributed by atoms with van der Waals surface area (Å²) in [6.07, 6.45) is 1.86. The monoisotopic (exact) mass is 301 g/mol. The standard InChI is InChI=1S/C16H22F3NO/c1-12(14-5-3-2-4-6-14)20-11-13-7-9-15(10-8-13)21-16(17,18)19/h7-10,12,14,20H,2-6,11H2,1H3. The molecule has 0 amide bonds. The van der Waals surface area contributed by atoms with Crippen LogP contribution in [0.15, 0.2) is 24.3 Å². The van der Waals surface area contributed by atoms with Crippen molar-refractivity contribution in [2.45, 2.75) is 58.0 Å². The van der Waals surface area contributed by atoms with Crippen molar-refractivity contribution < 1.29 is 17.9 Å². The molecule has 2 rings (SSSR count). The molecule has 0 bridgehead atoms. The maximum Gasteiger partial charge on any atom is 0.573 e. The summed E-state index contributed by atoms with van der Waals surface area (Å²) in [5, 5.41) is 3.47. The number of rotatable bonds is 5. The molecule has 1 N–H and O–H groups in total. The highest BCUT2D eigenvalue weighted by molar-refractivity contribution is 5.27. The predicted molar refractivity (Wildman–Crippen MR) is 76.0 cm³/mol. The van der Waals surface area contributed by atoms with E-state index in [2.05, 4.69) is 17.0 Å². The first-order valence-electron chi connectivity index (χ1n) is 7.52. The van der Waals surface area contributed by atoms with Gasteiger partial charge in [-0.2, -0.15) is 0 Å². The average molecular weight is 301 g/mol. The summed E-state index contributed by atoms with van der Waals surface area (Å²) in [4.78, 5) is 0. The molecule has 0 radical (unpaired) electrons. The average Bonchev–Trinajstić information content (AvgIpc) is 2.45. The summed E-state index contributed by atoms with van der Waals surface area (Å²) in [7, 11) is 0. The van der Waals surface area contributed by atoms with Gasteiger partial charge in [0, 0.05) is 12.6 Å². The van der Waals surface area contributed by atoms with Gasteiger partial charge in [-0.3, -0.25) is 0 Å². The van der Waals surface area contributed by atoms with E-state index in [0.29, 0.717) is 18.5 Å². The highest BCUT2D eigenvalue weighted by Gasteiger charge is 2.30. The quantitative estimate of drug-likeness (QED) is 0.855. The Kier molecular flexibility index (Phi) is 5.51. The third-order valence-electron chi connectivity index (χ3n) is 4.14. The molecule has 5 heteroatoms. The first-order valence-corrected chi connectivity index (χ1v) is 7.52. The molecule has 0 aliphatic heterocycles. The molecular weight excluding hydrogens is 279 g/mol. The molecule has 0 saturated heterocycles. The van der Waals surface area contributed by atoms with Gasteiger partial charge < -0.3 is 10.1 Å². The van der Waals surface area contributed by atoms with Crippen LogP contribution in [0.25, 0.3) is 0 Å². The Hall–Kier alpha value is -1.23. The second-order valence-corrected chi connectivity index (χ2v) is 5.76. The fraction of sp³-hybridized carbons (Fsp3) is 0.625. The van der Waals surface area contributed by atoms with Crippen molar-refractivity contribution in [3.63, 3.8) is 0 Å². The second-order valence-electron chi connectivity index (χ2n) is 5.76.